The summed E-state index contributed by atoms with van der Waals surface area (Å²) >= 11 is 1.55. The smallest absolute Gasteiger partial charge is 0.255 e. The second-order valence-corrected chi connectivity index (χ2v) is 7.29. The maximum Gasteiger partial charge on any atom is 0.255 e. The number of anilines is 3. The number of aryl methyl sites for hydroxylation is 1. The molecule has 0 radical (unpaired) electrons. The summed E-state index contributed by atoms with van der Waals surface area (Å²) in [6.07, 6.45) is 0. The summed E-state index contributed by atoms with van der Waals surface area (Å²) in [5, 5.41) is 9.13. The number of amides is 1. The van der Waals surface area contributed by atoms with Crippen LogP contribution < -0.4 is 10.6 Å². The molecule has 0 fully saturated rings. The molecule has 4 rings (SSSR count). The van der Waals surface area contributed by atoms with Gasteiger partial charge in [-0.1, -0.05) is 42.5 Å². The van der Waals surface area contributed by atoms with E-state index < -0.39 is 0 Å². The van der Waals surface area contributed by atoms with Gasteiger partial charge in [0.25, 0.3) is 5.91 Å². The maximum absolute atomic E-state index is 12.4. The molecule has 0 saturated heterocycles. The van der Waals surface area contributed by atoms with E-state index in [4.69, 9.17) is 0 Å². The van der Waals surface area contributed by atoms with E-state index in [0.717, 1.165) is 27.8 Å². The van der Waals surface area contributed by atoms with Gasteiger partial charge in [0.05, 0.1) is 5.69 Å². The molecule has 3 aromatic carbocycles. The SMILES string of the molecule is Cc1cccc(Nc2nc(-c3cccc(NC(=O)c4ccccc4)c3)cs2)c1. The van der Waals surface area contributed by atoms with Gasteiger partial charge in [0, 0.05) is 27.9 Å². The van der Waals surface area contributed by atoms with Crippen molar-refractivity contribution in [3.63, 3.8) is 0 Å². The first-order valence-electron chi connectivity index (χ1n) is 8.93. The first-order chi connectivity index (χ1) is 13.7. The summed E-state index contributed by atoms with van der Waals surface area (Å²) in [5.74, 6) is -0.127. The van der Waals surface area contributed by atoms with Crippen LogP contribution >= 0.6 is 11.3 Å². The van der Waals surface area contributed by atoms with Crippen molar-refractivity contribution >= 4 is 33.8 Å². The normalized spacial score (nSPS) is 10.5. The Bertz CT molecular complexity index is 1110. The van der Waals surface area contributed by atoms with Crippen LogP contribution in [-0.4, -0.2) is 10.9 Å². The second-order valence-electron chi connectivity index (χ2n) is 6.43. The van der Waals surface area contributed by atoms with Crippen molar-refractivity contribution in [2.75, 3.05) is 10.6 Å². The van der Waals surface area contributed by atoms with Crippen molar-refractivity contribution < 1.29 is 4.79 Å². The second kappa shape index (κ2) is 8.06. The number of nitrogens with one attached hydrogen (secondary N) is 2. The van der Waals surface area contributed by atoms with Crippen LogP contribution in [0.25, 0.3) is 11.3 Å². The Morgan fingerprint density at radius 3 is 2.50 bits per heavy atom. The number of carbonyl (C=O) groups excluding carboxylic acids is 1. The van der Waals surface area contributed by atoms with Crippen molar-refractivity contribution in [1.29, 1.82) is 0 Å². The Hall–Kier alpha value is -3.44. The predicted molar refractivity (Wildman–Crippen MR) is 116 cm³/mol. The number of hydrogen-bond donors (Lipinski definition) is 2. The van der Waals surface area contributed by atoms with Crippen molar-refractivity contribution in [3.05, 3.63) is 95.4 Å². The van der Waals surface area contributed by atoms with E-state index in [2.05, 4.69) is 34.7 Å². The van der Waals surface area contributed by atoms with E-state index in [1.54, 1.807) is 23.5 Å². The van der Waals surface area contributed by atoms with Gasteiger partial charge in [-0.2, -0.15) is 0 Å². The van der Waals surface area contributed by atoms with E-state index in [9.17, 15) is 4.79 Å². The van der Waals surface area contributed by atoms with Gasteiger partial charge in [-0.05, 0) is 48.9 Å². The molecule has 0 atom stereocenters. The molecule has 0 aliphatic carbocycles. The van der Waals surface area contributed by atoms with Gasteiger partial charge in [-0.15, -0.1) is 11.3 Å². The fourth-order valence-corrected chi connectivity index (χ4v) is 3.60. The van der Waals surface area contributed by atoms with Crippen LogP contribution in [-0.2, 0) is 0 Å². The highest BCUT2D eigenvalue weighted by Gasteiger charge is 2.08. The van der Waals surface area contributed by atoms with Gasteiger partial charge in [-0.25, -0.2) is 4.98 Å². The number of benzene rings is 3. The molecule has 0 aliphatic heterocycles. The first-order valence-corrected chi connectivity index (χ1v) is 9.81. The molecule has 4 aromatic rings. The quantitative estimate of drug-likeness (QED) is 0.435. The summed E-state index contributed by atoms with van der Waals surface area (Å²) in [6.45, 7) is 2.06. The van der Waals surface area contributed by atoms with Gasteiger partial charge < -0.3 is 10.6 Å². The Morgan fingerprint density at radius 2 is 1.68 bits per heavy atom. The minimum absolute atomic E-state index is 0.127. The molecule has 0 unspecified atom stereocenters. The minimum Gasteiger partial charge on any atom is -0.332 e. The van der Waals surface area contributed by atoms with E-state index >= 15 is 0 Å². The van der Waals surface area contributed by atoms with Gasteiger partial charge in [-0.3, -0.25) is 4.79 Å². The molecule has 4 nitrogen and oxygen atoms in total. The van der Waals surface area contributed by atoms with Crippen molar-refractivity contribution in [1.82, 2.24) is 4.98 Å². The van der Waals surface area contributed by atoms with E-state index in [1.165, 1.54) is 5.56 Å². The predicted octanol–water partition coefficient (Wildman–Crippen LogP) is 6.11. The van der Waals surface area contributed by atoms with Gasteiger partial charge in [0.1, 0.15) is 0 Å². The van der Waals surface area contributed by atoms with Crippen LogP contribution in [0.15, 0.2) is 84.2 Å². The van der Waals surface area contributed by atoms with Gasteiger partial charge in [0.15, 0.2) is 5.13 Å². The molecular weight excluding hydrogens is 366 g/mol. The monoisotopic (exact) mass is 385 g/mol. The van der Waals surface area contributed by atoms with Crippen LogP contribution in [0.5, 0.6) is 0 Å². The molecule has 1 heterocycles. The zero-order valence-corrected chi connectivity index (χ0v) is 16.2. The number of aromatic nitrogens is 1. The highest BCUT2D eigenvalue weighted by Crippen LogP contribution is 2.29. The highest BCUT2D eigenvalue weighted by atomic mass is 32.1. The van der Waals surface area contributed by atoms with E-state index in [1.807, 2.05) is 60.0 Å². The lowest BCUT2D eigenvalue weighted by molar-refractivity contribution is 0.102. The zero-order chi connectivity index (χ0) is 19.3. The molecule has 0 saturated carbocycles. The summed E-state index contributed by atoms with van der Waals surface area (Å²) < 4.78 is 0. The Labute approximate surface area is 167 Å². The van der Waals surface area contributed by atoms with Crippen LogP contribution in [0.4, 0.5) is 16.5 Å². The van der Waals surface area contributed by atoms with Crippen LogP contribution in [0, 0.1) is 6.92 Å². The summed E-state index contributed by atoms with van der Waals surface area (Å²) in [6, 6.07) is 25.1. The lowest BCUT2D eigenvalue weighted by atomic mass is 10.1. The third-order valence-corrected chi connectivity index (χ3v) is 4.98. The van der Waals surface area contributed by atoms with Crippen molar-refractivity contribution in [2.45, 2.75) is 6.92 Å². The molecule has 28 heavy (non-hydrogen) atoms. The van der Waals surface area contributed by atoms with Crippen molar-refractivity contribution in [2.24, 2.45) is 0 Å². The summed E-state index contributed by atoms with van der Waals surface area (Å²) in [7, 11) is 0. The molecule has 0 aliphatic rings. The highest BCUT2D eigenvalue weighted by molar-refractivity contribution is 7.14. The third kappa shape index (κ3) is 4.27. The fourth-order valence-electron chi connectivity index (χ4n) is 2.86. The summed E-state index contributed by atoms with van der Waals surface area (Å²) in [5.41, 5.74) is 5.42. The number of thiazole rings is 1. The molecule has 0 spiro atoms. The topological polar surface area (TPSA) is 54.0 Å². The molecule has 5 heteroatoms. The lowest BCUT2D eigenvalue weighted by Gasteiger charge is -2.07. The number of carbonyl (C=O) groups is 1. The minimum atomic E-state index is -0.127. The standard InChI is InChI=1S/C23H19N3OS/c1-16-7-5-11-19(13-16)25-23-26-21(15-28-23)18-10-6-12-20(14-18)24-22(27)17-8-3-2-4-9-17/h2-15H,1H3,(H,24,27)(H,25,26). The molecular formula is C23H19N3OS. The fraction of sp³-hybridized carbons (Fsp3) is 0.0435. The van der Waals surface area contributed by atoms with Gasteiger partial charge in [0.2, 0.25) is 0 Å². The number of hydrogen-bond acceptors (Lipinski definition) is 4. The lowest BCUT2D eigenvalue weighted by Crippen LogP contribution is -2.11. The van der Waals surface area contributed by atoms with Crippen LogP contribution in [0.3, 0.4) is 0 Å². The third-order valence-electron chi connectivity index (χ3n) is 4.23. The zero-order valence-electron chi connectivity index (χ0n) is 15.3. The molecule has 138 valence electrons. The molecule has 1 amide bonds. The average Bonchev–Trinajstić information content (AvgIpc) is 3.17. The van der Waals surface area contributed by atoms with E-state index in [0.29, 0.717) is 5.56 Å². The Kier molecular flexibility index (Phi) is 5.17. The van der Waals surface area contributed by atoms with Gasteiger partial charge >= 0.3 is 0 Å². The molecule has 0 bridgehead atoms. The average molecular weight is 385 g/mol. The van der Waals surface area contributed by atoms with Crippen LogP contribution in [0.2, 0.25) is 0 Å². The first kappa shape index (κ1) is 17.9. The summed E-state index contributed by atoms with van der Waals surface area (Å²) in [4.78, 5) is 17.0. The Morgan fingerprint density at radius 1 is 0.893 bits per heavy atom. The number of nitrogens with zero attached hydrogens (tertiary/aromatic N) is 1. The number of rotatable bonds is 5. The molecule has 1 aromatic heterocycles. The van der Waals surface area contributed by atoms with E-state index in [-0.39, 0.29) is 5.91 Å². The van der Waals surface area contributed by atoms with Crippen molar-refractivity contribution in [3.8, 4) is 11.3 Å². The van der Waals surface area contributed by atoms with Crippen LogP contribution in [0.1, 0.15) is 15.9 Å². The maximum atomic E-state index is 12.4. The Balaban J connectivity index is 1.50. The largest absolute Gasteiger partial charge is 0.332 e. The molecule has 2 N–H and O–H groups in total.